The Morgan fingerprint density at radius 1 is 0.735 bits per heavy atom. The first kappa shape index (κ1) is 22.2. The molecule has 5 aromatic rings. The zero-order valence-electron chi connectivity index (χ0n) is 20.3. The van der Waals surface area contributed by atoms with E-state index >= 15 is 0 Å². The summed E-state index contributed by atoms with van der Waals surface area (Å²) in [6, 6.07) is 31.5. The van der Waals surface area contributed by atoms with E-state index < -0.39 is 5.60 Å². The summed E-state index contributed by atoms with van der Waals surface area (Å²) in [7, 11) is 0. The normalized spacial score (nSPS) is 12.8. The molecule has 170 valence electrons. The topological polar surface area (TPSA) is 26.3 Å². The molecule has 0 heterocycles. The molecule has 2 nitrogen and oxygen atoms in total. The van der Waals surface area contributed by atoms with Gasteiger partial charge in [-0.25, -0.2) is 4.79 Å². The Balaban J connectivity index is 1.45. The van der Waals surface area contributed by atoms with Crippen molar-refractivity contribution in [1.82, 2.24) is 0 Å². The lowest BCUT2D eigenvalue weighted by atomic mass is 9.93. The monoisotopic (exact) mass is 446 g/mol. The summed E-state index contributed by atoms with van der Waals surface area (Å²) in [4.78, 5) is 12.9. The van der Waals surface area contributed by atoms with Gasteiger partial charge in [0, 0.05) is 0 Å². The SMILES string of the molecule is CCC(C)c1ccc(C(=O)OC(C)(C)c2ccc3cc4cc5ccccc5cc4cc3c2)cc1. The second-order valence-corrected chi connectivity index (χ2v) is 9.79. The molecule has 0 amide bonds. The van der Waals surface area contributed by atoms with Gasteiger partial charge >= 0.3 is 5.97 Å². The second-order valence-electron chi connectivity index (χ2n) is 9.79. The summed E-state index contributed by atoms with van der Waals surface area (Å²) >= 11 is 0. The predicted octanol–water partition coefficient (Wildman–Crippen LogP) is 8.75. The summed E-state index contributed by atoms with van der Waals surface area (Å²) in [5.41, 5.74) is 2.05. The van der Waals surface area contributed by atoms with Crippen LogP contribution in [-0.4, -0.2) is 5.97 Å². The molecule has 0 spiro atoms. The van der Waals surface area contributed by atoms with Crippen LogP contribution in [0.2, 0.25) is 0 Å². The third kappa shape index (κ3) is 4.17. The van der Waals surface area contributed by atoms with Crippen LogP contribution in [0.1, 0.15) is 61.5 Å². The van der Waals surface area contributed by atoms with Gasteiger partial charge < -0.3 is 4.74 Å². The maximum absolute atomic E-state index is 12.9. The Bertz CT molecular complexity index is 1510. The van der Waals surface area contributed by atoms with Crippen molar-refractivity contribution in [3.05, 3.63) is 108 Å². The summed E-state index contributed by atoms with van der Waals surface area (Å²) in [5, 5.41) is 7.23. The van der Waals surface area contributed by atoms with Crippen LogP contribution in [0, 0.1) is 0 Å². The number of hydrogen-bond donors (Lipinski definition) is 0. The quantitative estimate of drug-likeness (QED) is 0.199. The van der Waals surface area contributed by atoms with Gasteiger partial charge in [-0.1, -0.05) is 62.4 Å². The van der Waals surface area contributed by atoms with E-state index in [0.29, 0.717) is 11.5 Å². The first-order valence-corrected chi connectivity index (χ1v) is 12.0. The minimum Gasteiger partial charge on any atom is -0.451 e. The molecule has 0 N–H and O–H groups in total. The largest absolute Gasteiger partial charge is 0.451 e. The summed E-state index contributed by atoms with van der Waals surface area (Å²) in [6.07, 6.45) is 1.07. The van der Waals surface area contributed by atoms with Gasteiger partial charge in [0.25, 0.3) is 0 Å². The van der Waals surface area contributed by atoms with Gasteiger partial charge in [0.2, 0.25) is 0 Å². The fourth-order valence-corrected chi connectivity index (χ4v) is 4.60. The third-order valence-corrected chi connectivity index (χ3v) is 7.03. The molecule has 0 saturated carbocycles. The average Bonchev–Trinajstić information content (AvgIpc) is 2.85. The molecule has 1 atom stereocenters. The molecule has 0 aromatic heterocycles. The molecule has 34 heavy (non-hydrogen) atoms. The molecule has 0 bridgehead atoms. The number of fused-ring (bicyclic) bond motifs is 3. The van der Waals surface area contributed by atoms with Crippen molar-refractivity contribution in [3.8, 4) is 0 Å². The Hall–Kier alpha value is -3.65. The smallest absolute Gasteiger partial charge is 0.338 e. The Morgan fingerprint density at radius 3 is 1.85 bits per heavy atom. The standard InChI is InChI=1S/C32H30O2/c1-5-21(2)22-10-12-23(13-11-22)31(33)34-32(3,4)30-15-14-26-18-27-16-24-8-6-7-9-25(24)17-28(27)19-29(26)20-30/h6-21H,5H2,1-4H3. The van der Waals surface area contributed by atoms with Gasteiger partial charge in [0.05, 0.1) is 5.56 Å². The highest BCUT2D eigenvalue weighted by atomic mass is 16.6. The maximum Gasteiger partial charge on any atom is 0.338 e. The second kappa shape index (κ2) is 8.61. The van der Waals surface area contributed by atoms with Gasteiger partial charge in [-0.3, -0.25) is 0 Å². The van der Waals surface area contributed by atoms with Crippen molar-refractivity contribution in [2.45, 2.75) is 45.6 Å². The lowest BCUT2D eigenvalue weighted by Gasteiger charge is -2.26. The Kier molecular flexibility index (Phi) is 5.61. The van der Waals surface area contributed by atoms with Crippen LogP contribution >= 0.6 is 0 Å². The van der Waals surface area contributed by atoms with Crippen molar-refractivity contribution >= 4 is 38.3 Å². The van der Waals surface area contributed by atoms with Gasteiger partial charge in [0.1, 0.15) is 5.60 Å². The molecule has 0 aliphatic heterocycles. The molecular formula is C32H30O2. The van der Waals surface area contributed by atoms with Crippen molar-refractivity contribution in [1.29, 1.82) is 0 Å². The van der Waals surface area contributed by atoms with Gasteiger partial charge in [-0.2, -0.15) is 0 Å². The van der Waals surface area contributed by atoms with Gasteiger partial charge in [0.15, 0.2) is 0 Å². The fraction of sp³-hybridized carbons (Fsp3) is 0.219. The van der Waals surface area contributed by atoms with Crippen LogP contribution in [-0.2, 0) is 10.3 Å². The molecule has 0 aliphatic carbocycles. The fourth-order valence-electron chi connectivity index (χ4n) is 4.60. The van der Waals surface area contributed by atoms with E-state index in [-0.39, 0.29) is 5.97 Å². The highest BCUT2D eigenvalue weighted by Gasteiger charge is 2.26. The summed E-state index contributed by atoms with van der Waals surface area (Å²) in [5.74, 6) is 0.180. The van der Waals surface area contributed by atoms with Crippen LogP contribution in [0.25, 0.3) is 32.3 Å². The van der Waals surface area contributed by atoms with Crippen molar-refractivity contribution in [2.75, 3.05) is 0 Å². The number of benzene rings is 5. The molecule has 2 heteroatoms. The highest BCUT2D eigenvalue weighted by Crippen LogP contribution is 2.32. The van der Waals surface area contributed by atoms with E-state index in [0.717, 1.165) is 17.4 Å². The summed E-state index contributed by atoms with van der Waals surface area (Å²) < 4.78 is 5.99. The number of carbonyl (C=O) groups is 1. The van der Waals surface area contributed by atoms with E-state index in [1.165, 1.54) is 32.5 Å². The first-order valence-electron chi connectivity index (χ1n) is 12.0. The number of ether oxygens (including phenoxy) is 1. The Labute approximate surface area is 201 Å². The van der Waals surface area contributed by atoms with E-state index in [4.69, 9.17) is 4.74 Å². The van der Waals surface area contributed by atoms with E-state index in [1.807, 2.05) is 38.1 Å². The number of rotatable bonds is 5. The minimum absolute atomic E-state index is 0.300. The number of carbonyl (C=O) groups excluding carboxylic acids is 1. The molecular weight excluding hydrogens is 416 g/mol. The average molecular weight is 447 g/mol. The van der Waals surface area contributed by atoms with Gasteiger partial charge in [-0.05, 0) is 112 Å². The van der Waals surface area contributed by atoms with Crippen LogP contribution < -0.4 is 0 Å². The molecule has 1 unspecified atom stereocenters. The zero-order valence-corrected chi connectivity index (χ0v) is 20.3. The molecule has 0 fully saturated rings. The molecule has 5 rings (SSSR count). The zero-order chi connectivity index (χ0) is 23.9. The van der Waals surface area contributed by atoms with E-state index in [1.54, 1.807) is 0 Å². The van der Waals surface area contributed by atoms with E-state index in [2.05, 4.69) is 80.6 Å². The maximum atomic E-state index is 12.9. The van der Waals surface area contributed by atoms with Crippen LogP contribution in [0.15, 0.2) is 91.0 Å². The van der Waals surface area contributed by atoms with Crippen molar-refractivity contribution < 1.29 is 9.53 Å². The van der Waals surface area contributed by atoms with Gasteiger partial charge in [-0.15, -0.1) is 0 Å². The third-order valence-electron chi connectivity index (χ3n) is 7.03. The molecule has 0 aliphatic rings. The van der Waals surface area contributed by atoms with Crippen molar-refractivity contribution in [3.63, 3.8) is 0 Å². The van der Waals surface area contributed by atoms with Crippen LogP contribution in [0.5, 0.6) is 0 Å². The van der Waals surface area contributed by atoms with Crippen LogP contribution in [0.4, 0.5) is 0 Å². The number of esters is 1. The number of hydrogen-bond acceptors (Lipinski definition) is 2. The Morgan fingerprint density at radius 2 is 1.26 bits per heavy atom. The first-order chi connectivity index (χ1) is 16.3. The van der Waals surface area contributed by atoms with E-state index in [9.17, 15) is 4.79 Å². The molecule has 5 aromatic carbocycles. The van der Waals surface area contributed by atoms with Crippen LogP contribution in [0.3, 0.4) is 0 Å². The lowest BCUT2D eigenvalue weighted by molar-refractivity contribution is -0.00307. The minimum atomic E-state index is -0.751. The lowest BCUT2D eigenvalue weighted by Crippen LogP contribution is -2.25. The highest BCUT2D eigenvalue weighted by molar-refractivity contribution is 6.04. The predicted molar refractivity (Wildman–Crippen MR) is 143 cm³/mol. The summed E-state index contributed by atoms with van der Waals surface area (Å²) in [6.45, 7) is 8.27. The molecule has 0 radical (unpaired) electrons. The van der Waals surface area contributed by atoms with Crippen molar-refractivity contribution in [2.24, 2.45) is 0 Å². The molecule has 0 saturated heterocycles.